The molecule has 5 rings (SSSR count). The van der Waals surface area contributed by atoms with Crippen LogP contribution >= 0.6 is 0 Å². The molecule has 5 heterocycles. The lowest BCUT2D eigenvalue weighted by molar-refractivity contribution is 1.42. The van der Waals surface area contributed by atoms with E-state index < -0.39 is 0 Å². The molecule has 0 radical (unpaired) electrons. The van der Waals surface area contributed by atoms with Gasteiger partial charge < -0.3 is 0 Å². The van der Waals surface area contributed by atoms with Crippen LogP contribution in [0.25, 0.3) is 0 Å². The third kappa shape index (κ3) is 2.40. The summed E-state index contributed by atoms with van der Waals surface area (Å²) >= 11 is 0. The highest BCUT2D eigenvalue weighted by atomic mass is 15.0. The van der Waals surface area contributed by atoms with Crippen LogP contribution in [0.2, 0.25) is 0 Å². The number of hydrogen-bond acceptors (Lipinski definition) is 6. The van der Waals surface area contributed by atoms with E-state index in [0.29, 0.717) is 23.3 Å². The molecule has 0 saturated heterocycles. The second kappa shape index (κ2) is 4.99. The highest BCUT2D eigenvalue weighted by molar-refractivity contribution is 6.24. The van der Waals surface area contributed by atoms with Crippen LogP contribution in [0, 0.1) is 0 Å². The predicted molar refractivity (Wildman–Crippen MR) is 97.3 cm³/mol. The summed E-state index contributed by atoms with van der Waals surface area (Å²) in [7, 11) is 0. The van der Waals surface area contributed by atoms with Crippen molar-refractivity contribution in [1.82, 2.24) is 0 Å². The van der Waals surface area contributed by atoms with Crippen LogP contribution in [-0.4, -0.2) is 34.8 Å². The van der Waals surface area contributed by atoms with Gasteiger partial charge in [0.15, 0.2) is 23.3 Å². The Balaban J connectivity index is 1.65. The maximum Gasteiger partial charge on any atom is 0.155 e. The number of hydrogen-bond donors (Lipinski definition) is 0. The van der Waals surface area contributed by atoms with Crippen molar-refractivity contribution >= 4 is 34.8 Å². The van der Waals surface area contributed by atoms with E-state index in [0.717, 1.165) is 22.8 Å². The van der Waals surface area contributed by atoms with Crippen molar-refractivity contribution in [3.8, 4) is 0 Å². The highest BCUT2D eigenvalue weighted by Gasteiger charge is 2.12. The van der Waals surface area contributed by atoms with E-state index in [4.69, 9.17) is 0 Å². The second-order valence-electron chi connectivity index (χ2n) is 5.43. The average Bonchev–Trinajstić information content (AvgIpc) is 3.32. The van der Waals surface area contributed by atoms with Crippen molar-refractivity contribution in [2.45, 2.75) is 0 Å². The molecule has 0 aliphatic carbocycles. The van der Waals surface area contributed by atoms with E-state index >= 15 is 0 Å². The first-order valence-corrected chi connectivity index (χ1v) is 7.48. The fraction of sp³-hybridized carbons (Fsp3) is 0. The maximum absolute atomic E-state index is 4.46. The molecule has 0 unspecified atom stereocenters. The van der Waals surface area contributed by atoms with Crippen LogP contribution in [0.15, 0.2) is 102 Å². The molecule has 0 amide bonds. The Labute approximate surface area is 137 Å². The molecule has 0 spiro atoms. The molecule has 0 aromatic heterocycles. The van der Waals surface area contributed by atoms with Gasteiger partial charge in [-0.3, -0.25) is 0 Å². The number of aliphatic imine (C=N–C) groups is 6. The van der Waals surface area contributed by atoms with Gasteiger partial charge >= 0.3 is 0 Å². The molecule has 24 heavy (non-hydrogen) atoms. The molecular weight excluding hydrogens is 300 g/mol. The van der Waals surface area contributed by atoms with Crippen LogP contribution in [0.1, 0.15) is 0 Å². The summed E-state index contributed by atoms with van der Waals surface area (Å²) in [5.41, 5.74) is 3.21. The van der Waals surface area contributed by atoms with Crippen molar-refractivity contribution in [3.63, 3.8) is 0 Å². The number of amidine groups is 4. The van der Waals surface area contributed by atoms with Crippen molar-refractivity contribution in [2.75, 3.05) is 0 Å². The van der Waals surface area contributed by atoms with E-state index in [1.165, 1.54) is 0 Å². The van der Waals surface area contributed by atoms with Crippen LogP contribution in [0.4, 0.5) is 0 Å². The molecule has 0 saturated carbocycles. The maximum atomic E-state index is 4.46. The van der Waals surface area contributed by atoms with Crippen molar-refractivity contribution in [2.24, 2.45) is 30.0 Å². The molecule has 0 aromatic rings. The molecule has 5 aliphatic heterocycles. The van der Waals surface area contributed by atoms with Crippen LogP contribution < -0.4 is 0 Å². The SMILES string of the molecule is C1=CC2=NC1=CC1=NC(=NC3=NC(=CC4=NC(=N2)C=C4)C=C3)C=C1. The normalized spacial score (nSPS) is 22.7. The van der Waals surface area contributed by atoms with Crippen LogP contribution in [0.5, 0.6) is 0 Å². The first-order valence-electron chi connectivity index (χ1n) is 7.48. The summed E-state index contributed by atoms with van der Waals surface area (Å²) in [6.07, 6.45) is 18.9. The zero-order valence-corrected chi connectivity index (χ0v) is 12.5. The van der Waals surface area contributed by atoms with Gasteiger partial charge in [-0.2, -0.15) is 0 Å². The van der Waals surface area contributed by atoms with Gasteiger partial charge in [0.1, 0.15) is 0 Å². The molecule has 0 fully saturated rings. The average molecular weight is 310 g/mol. The molecule has 6 heteroatoms. The van der Waals surface area contributed by atoms with E-state index in [1.54, 1.807) is 0 Å². The van der Waals surface area contributed by atoms with Gasteiger partial charge in [-0.25, -0.2) is 30.0 Å². The van der Waals surface area contributed by atoms with Crippen molar-refractivity contribution < 1.29 is 0 Å². The molecule has 112 valence electrons. The van der Waals surface area contributed by atoms with E-state index in [2.05, 4.69) is 30.0 Å². The summed E-state index contributed by atoms with van der Waals surface area (Å²) < 4.78 is 0. The number of allylic oxidation sites excluding steroid dienone is 6. The number of nitrogens with zero attached hydrogens (tertiary/aromatic N) is 6. The summed E-state index contributed by atoms with van der Waals surface area (Å²) in [6, 6.07) is 0. The summed E-state index contributed by atoms with van der Waals surface area (Å²) in [5, 5.41) is 0. The van der Waals surface area contributed by atoms with Gasteiger partial charge in [0, 0.05) is 0 Å². The Bertz CT molecular complexity index is 845. The molecule has 0 N–H and O–H groups in total. The Kier molecular flexibility index (Phi) is 2.69. The van der Waals surface area contributed by atoms with Gasteiger partial charge in [0.2, 0.25) is 0 Å². The van der Waals surface area contributed by atoms with Crippen molar-refractivity contribution in [3.05, 3.63) is 72.2 Å². The van der Waals surface area contributed by atoms with Crippen LogP contribution in [-0.2, 0) is 0 Å². The lowest BCUT2D eigenvalue weighted by atomic mass is 10.3. The zero-order valence-electron chi connectivity index (χ0n) is 12.5. The Hall–Kier alpha value is -3.54. The fourth-order valence-electron chi connectivity index (χ4n) is 2.58. The lowest BCUT2D eigenvalue weighted by Crippen LogP contribution is -1.94. The topological polar surface area (TPSA) is 74.2 Å². The summed E-state index contributed by atoms with van der Waals surface area (Å²) in [4.78, 5) is 26.7. The molecular formula is C18H10N6. The first kappa shape index (κ1) is 13.0. The first-order chi connectivity index (χ1) is 11.8. The molecule has 5 aliphatic rings. The third-order valence-electron chi connectivity index (χ3n) is 3.64. The molecule has 6 nitrogen and oxygen atoms in total. The van der Waals surface area contributed by atoms with Gasteiger partial charge in [-0.15, -0.1) is 0 Å². The summed E-state index contributed by atoms with van der Waals surface area (Å²) in [6.45, 7) is 0. The number of fused-ring (bicyclic) bond motifs is 4. The Morgan fingerprint density at radius 2 is 0.792 bits per heavy atom. The minimum absolute atomic E-state index is 0.628. The Morgan fingerprint density at radius 3 is 1.29 bits per heavy atom. The van der Waals surface area contributed by atoms with Crippen molar-refractivity contribution in [1.29, 1.82) is 0 Å². The minimum atomic E-state index is 0.628. The highest BCUT2D eigenvalue weighted by Crippen LogP contribution is 2.16. The van der Waals surface area contributed by atoms with E-state index in [9.17, 15) is 0 Å². The molecule has 0 atom stereocenters. The van der Waals surface area contributed by atoms with Crippen LogP contribution in [0.3, 0.4) is 0 Å². The summed E-state index contributed by atoms with van der Waals surface area (Å²) in [5.74, 6) is 2.51. The lowest BCUT2D eigenvalue weighted by Gasteiger charge is -1.93. The monoisotopic (exact) mass is 310 g/mol. The van der Waals surface area contributed by atoms with Gasteiger partial charge in [-0.05, 0) is 60.8 Å². The van der Waals surface area contributed by atoms with Gasteiger partial charge in [-0.1, -0.05) is 0 Å². The minimum Gasteiger partial charge on any atom is -0.229 e. The number of rotatable bonds is 0. The van der Waals surface area contributed by atoms with E-state index in [-0.39, 0.29) is 0 Å². The quantitative estimate of drug-likeness (QED) is 0.659. The van der Waals surface area contributed by atoms with E-state index in [1.807, 2.05) is 60.8 Å². The fourth-order valence-corrected chi connectivity index (χ4v) is 2.58. The third-order valence-corrected chi connectivity index (χ3v) is 3.64. The smallest absolute Gasteiger partial charge is 0.155 e. The van der Waals surface area contributed by atoms with Gasteiger partial charge in [0.25, 0.3) is 0 Å². The standard InChI is InChI=1S/C18H10N6/c1-5-15-19-11(1)9-12-2-6-17(20-12)24-18-8-4-14(22-18)10-13-3-7-16(21-13)23-15/h1-10H. The second-order valence-corrected chi connectivity index (χ2v) is 5.43. The predicted octanol–water partition coefficient (Wildman–Crippen LogP) is 2.52. The largest absolute Gasteiger partial charge is 0.229 e. The van der Waals surface area contributed by atoms with Gasteiger partial charge in [0.05, 0.1) is 22.8 Å². The Morgan fingerprint density at radius 1 is 0.375 bits per heavy atom. The molecule has 0 aromatic carbocycles. The zero-order chi connectivity index (χ0) is 15.9. The molecule has 8 bridgehead atoms.